The minimum Gasteiger partial charge on any atom is -0.311 e. The number of carbonyl (C=O) groups is 1. The van der Waals surface area contributed by atoms with Gasteiger partial charge in [-0.05, 0) is 49.4 Å². The summed E-state index contributed by atoms with van der Waals surface area (Å²) in [6.45, 7) is 5.07. The summed E-state index contributed by atoms with van der Waals surface area (Å²) in [7, 11) is -3.50. The average Bonchev–Trinajstić information content (AvgIpc) is 2.74. The molecule has 1 atom stereocenters. The van der Waals surface area contributed by atoms with E-state index in [4.69, 9.17) is 0 Å². The smallest absolute Gasteiger partial charge is 0.240 e. The first kappa shape index (κ1) is 15.5. The molecule has 1 aromatic carbocycles. The highest BCUT2D eigenvalue weighted by Crippen LogP contribution is 2.43. The van der Waals surface area contributed by atoms with Crippen LogP contribution in [-0.2, 0) is 21.2 Å². The zero-order chi connectivity index (χ0) is 15.9. The number of amides is 1. The van der Waals surface area contributed by atoms with Gasteiger partial charge in [-0.25, -0.2) is 13.1 Å². The van der Waals surface area contributed by atoms with E-state index in [9.17, 15) is 13.2 Å². The van der Waals surface area contributed by atoms with Gasteiger partial charge in [0.25, 0.3) is 0 Å². The molecule has 0 fully saturated rings. The normalized spacial score (nSPS) is 20.4. The molecule has 6 heteroatoms. The third-order valence-corrected chi connectivity index (χ3v) is 5.97. The van der Waals surface area contributed by atoms with Crippen molar-refractivity contribution in [1.82, 2.24) is 4.72 Å². The summed E-state index contributed by atoms with van der Waals surface area (Å²) in [5.41, 5.74) is 2.80. The van der Waals surface area contributed by atoms with Gasteiger partial charge in [-0.2, -0.15) is 0 Å². The second-order valence-electron chi connectivity index (χ2n) is 6.09. The number of nitrogens with one attached hydrogen (secondary N) is 1. The second kappa shape index (κ2) is 5.66. The molecule has 0 saturated carbocycles. The van der Waals surface area contributed by atoms with Crippen molar-refractivity contribution in [3.05, 3.63) is 23.3 Å². The second-order valence-corrected chi connectivity index (χ2v) is 7.85. The Labute approximate surface area is 131 Å². The summed E-state index contributed by atoms with van der Waals surface area (Å²) in [6.07, 6.45) is 3.48. The van der Waals surface area contributed by atoms with Crippen molar-refractivity contribution in [2.24, 2.45) is 0 Å². The van der Waals surface area contributed by atoms with Gasteiger partial charge in [-0.1, -0.05) is 13.3 Å². The average molecular weight is 322 g/mol. The fourth-order valence-electron chi connectivity index (χ4n) is 3.29. The van der Waals surface area contributed by atoms with Gasteiger partial charge in [-0.3, -0.25) is 4.79 Å². The summed E-state index contributed by atoms with van der Waals surface area (Å²) in [5, 5.41) is 0. The topological polar surface area (TPSA) is 66.5 Å². The van der Waals surface area contributed by atoms with E-state index in [1.165, 1.54) is 0 Å². The fourth-order valence-corrected chi connectivity index (χ4v) is 4.45. The molecular weight excluding hydrogens is 300 g/mol. The molecule has 0 saturated heterocycles. The minimum atomic E-state index is -3.50. The molecule has 1 aromatic rings. The van der Waals surface area contributed by atoms with Crippen molar-refractivity contribution in [3.63, 3.8) is 0 Å². The maximum absolute atomic E-state index is 12.5. The molecule has 22 heavy (non-hydrogen) atoms. The first-order valence-corrected chi connectivity index (χ1v) is 9.42. The first-order chi connectivity index (χ1) is 10.5. The Hall–Kier alpha value is -1.40. The molecule has 3 rings (SSSR count). The van der Waals surface area contributed by atoms with Crippen LogP contribution >= 0.6 is 0 Å². The maximum atomic E-state index is 12.5. The highest BCUT2D eigenvalue weighted by atomic mass is 32.2. The van der Waals surface area contributed by atoms with E-state index in [1.807, 2.05) is 18.7 Å². The van der Waals surface area contributed by atoms with Crippen LogP contribution in [0.25, 0.3) is 0 Å². The largest absolute Gasteiger partial charge is 0.311 e. The quantitative estimate of drug-likeness (QED) is 0.845. The molecule has 0 radical (unpaired) electrons. The fraction of sp³-hybridized carbons (Fsp3) is 0.562. The standard InChI is InChI=1S/C16H22N2O3S/c1-3-4-7-17-22(20,21)13-9-12-6-5-8-18-15(12)14(10-13)11(2)16(18)19/h9-11,17H,3-8H2,1-2H3/t11-/m0/s1. The van der Waals surface area contributed by atoms with Crippen LogP contribution in [0.15, 0.2) is 17.0 Å². The minimum absolute atomic E-state index is 0.0874. The molecule has 0 unspecified atom stereocenters. The lowest BCUT2D eigenvalue weighted by Crippen LogP contribution is -2.32. The van der Waals surface area contributed by atoms with Gasteiger partial charge in [-0.15, -0.1) is 0 Å². The monoisotopic (exact) mass is 322 g/mol. The van der Waals surface area contributed by atoms with Crippen LogP contribution < -0.4 is 9.62 Å². The van der Waals surface area contributed by atoms with Gasteiger partial charge >= 0.3 is 0 Å². The number of sulfonamides is 1. The molecule has 2 aliphatic rings. The van der Waals surface area contributed by atoms with Crippen molar-refractivity contribution in [1.29, 1.82) is 0 Å². The Bertz CT molecular complexity index is 712. The van der Waals surface area contributed by atoms with Gasteiger partial charge < -0.3 is 4.90 Å². The SMILES string of the molecule is CCCCNS(=O)(=O)c1cc2c3c(c1)[C@H](C)C(=O)N3CCC2. The molecule has 0 aromatic heterocycles. The Balaban J connectivity index is 2.01. The number of nitrogens with zero attached hydrogens (tertiary/aromatic N) is 1. The summed E-state index contributed by atoms with van der Waals surface area (Å²) >= 11 is 0. The maximum Gasteiger partial charge on any atom is 0.240 e. The highest BCUT2D eigenvalue weighted by Gasteiger charge is 2.38. The lowest BCUT2D eigenvalue weighted by atomic mass is 9.97. The van der Waals surface area contributed by atoms with Crippen LogP contribution in [0.1, 0.15) is 50.2 Å². The molecule has 2 aliphatic heterocycles. The zero-order valence-electron chi connectivity index (χ0n) is 13.1. The number of aryl methyl sites for hydroxylation is 1. The predicted octanol–water partition coefficient (Wildman–Crippen LogP) is 2.16. The first-order valence-electron chi connectivity index (χ1n) is 7.93. The third-order valence-electron chi connectivity index (χ3n) is 4.53. The van der Waals surface area contributed by atoms with Crippen molar-refractivity contribution in [2.75, 3.05) is 18.0 Å². The lowest BCUT2D eigenvalue weighted by molar-refractivity contribution is -0.119. The molecule has 1 amide bonds. The number of hydrogen-bond donors (Lipinski definition) is 1. The molecule has 0 bridgehead atoms. The van der Waals surface area contributed by atoms with Crippen LogP contribution in [0.5, 0.6) is 0 Å². The third kappa shape index (κ3) is 2.44. The van der Waals surface area contributed by atoms with Crippen LogP contribution in [0, 0.1) is 0 Å². The van der Waals surface area contributed by atoms with Crippen molar-refractivity contribution >= 4 is 21.6 Å². The van der Waals surface area contributed by atoms with Gasteiger partial charge in [0.15, 0.2) is 0 Å². The highest BCUT2D eigenvalue weighted by molar-refractivity contribution is 7.89. The van der Waals surface area contributed by atoms with Crippen molar-refractivity contribution in [3.8, 4) is 0 Å². The lowest BCUT2D eigenvalue weighted by Gasteiger charge is -2.26. The number of rotatable bonds is 5. The Morgan fingerprint density at radius 1 is 1.36 bits per heavy atom. The molecule has 120 valence electrons. The summed E-state index contributed by atoms with van der Waals surface area (Å²) in [4.78, 5) is 14.4. The van der Waals surface area contributed by atoms with E-state index in [1.54, 1.807) is 12.1 Å². The number of hydrogen-bond acceptors (Lipinski definition) is 3. The molecule has 5 nitrogen and oxygen atoms in total. The van der Waals surface area contributed by atoms with E-state index in [0.29, 0.717) is 11.4 Å². The number of anilines is 1. The van der Waals surface area contributed by atoms with E-state index < -0.39 is 10.0 Å². The van der Waals surface area contributed by atoms with Crippen LogP contribution in [-0.4, -0.2) is 27.4 Å². The molecular formula is C16H22N2O3S. The number of unbranched alkanes of at least 4 members (excludes halogenated alkanes) is 1. The van der Waals surface area contributed by atoms with Crippen LogP contribution in [0.2, 0.25) is 0 Å². The van der Waals surface area contributed by atoms with Crippen molar-refractivity contribution in [2.45, 2.75) is 50.3 Å². The number of carbonyl (C=O) groups excluding carboxylic acids is 1. The Morgan fingerprint density at radius 3 is 2.86 bits per heavy atom. The van der Waals surface area contributed by atoms with E-state index >= 15 is 0 Å². The summed E-state index contributed by atoms with van der Waals surface area (Å²) in [5.74, 6) is -0.165. The van der Waals surface area contributed by atoms with Gasteiger partial charge in [0, 0.05) is 13.1 Å². The van der Waals surface area contributed by atoms with Crippen molar-refractivity contribution < 1.29 is 13.2 Å². The van der Waals surface area contributed by atoms with E-state index in [2.05, 4.69) is 4.72 Å². The molecule has 0 spiro atoms. The summed E-state index contributed by atoms with van der Waals surface area (Å²) < 4.78 is 27.6. The van der Waals surface area contributed by atoms with Gasteiger partial charge in [0.05, 0.1) is 16.5 Å². The molecule has 2 heterocycles. The van der Waals surface area contributed by atoms with Crippen LogP contribution in [0.4, 0.5) is 5.69 Å². The van der Waals surface area contributed by atoms with Crippen LogP contribution in [0.3, 0.4) is 0 Å². The Morgan fingerprint density at radius 2 is 2.14 bits per heavy atom. The van der Waals surface area contributed by atoms with E-state index in [0.717, 1.165) is 49.0 Å². The Kier molecular flexibility index (Phi) is 3.99. The van der Waals surface area contributed by atoms with Gasteiger partial charge in [0.2, 0.25) is 15.9 Å². The molecule has 0 aliphatic carbocycles. The number of benzene rings is 1. The zero-order valence-corrected chi connectivity index (χ0v) is 13.9. The predicted molar refractivity (Wildman–Crippen MR) is 85.6 cm³/mol. The molecule has 1 N–H and O–H groups in total. The summed E-state index contributed by atoms with van der Waals surface area (Å²) in [6, 6.07) is 3.42. The van der Waals surface area contributed by atoms with Gasteiger partial charge in [0.1, 0.15) is 0 Å². The van der Waals surface area contributed by atoms with E-state index in [-0.39, 0.29) is 11.8 Å².